The molecule has 2 aliphatic rings. The van der Waals surface area contributed by atoms with E-state index in [2.05, 4.69) is 38.1 Å². The molecule has 1 heterocycles. The van der Waals surface area contributed by atoms with Crippen molar-refractivity contribution in [1.29, 1.82) is 0 Å². The lowest BCUT2D eigenvalue weighted by molar-refractivity contribution is -0.115. The molecular formula is C19H25NO. The highest BCUT2D eigenvalue weighted by Crippen LogP contribution is 2.45. The molecule has 1 aromatic rings. The highest BCUT2D eigenvalue weighted by Gasteiger charge is 2.38. The summed E-state index contributed by atoms with van der Waals surface area (Å²) in [6.07, 6.45) is 7.94. The van der Waals surface area contributed by atoms with Crippen molar-refractivity contribution >= 4 is 11.6 Å². The smallest absolute Gasteiger partial charge is 0.253 e. The van der Waals surface area contributed by atoms with E-state index in [0.717, 1.165) is 36.9 Å². The molecule has 0 saturated heterocycles. The maximum absolute atomic E-state index is 12.9. The molecule has 0 spiro atoms. The molecular weight excluding hydrogens is 258 g/mol. The lowest BCUT2D eigenvalue weighted by Crippen LogP contribution is -2.33. The van der Waals surface area contributed by atoms with E-state index in [4.69, 9.17) is 0 Å². The number of amides is 1. The number of nitrogens with zero attached hydrogens (tertiary/aromatic N) is 1. The highest BCUT2D eigenvalue weighted by atomic mass is 16.2. The van der Waals surface area contributed by atoms with E-state index in [9.17, 15) is 4.79 Å². The number of likely N-dealkylation sites (N-methyl/N-ethyl adjacent to an activating group) is 1. The van der Waals surface area contributed by atoms with Crippen LogP contribution in [0.4, 0.5) is 5.69 Å². The summed E-state index contributed by atoms with van der Waals surface area (Å²) >= 11 is 0. The maximum atomic E-state index is 12.9. The van der Waals surface area contributed by atoms with Crippen LogP contribution >= 0.6 is 0 Å². The van der Waals surface area contributed by atoms with Crippen LogP contribution in [0.5, 0.6) is 0 Å². The van der Waals surface area contributed by atoms with Gasteiger partial charge in [0.1, 0.15) is 0 Å². The Morgan fingerprint density at radius 3 is 2.67 bits per heavy atom. The fourth-order valence-electron chi connectivity index (χ4n) is 3.97. The van der Waals surface area contributed by atoms with E-state index in [0.29, 0.717) is 5.92 Å². The molecule has 0 radical (unpaired) electrons. The molecule has 0 N–H and O–H groups in total. The minimum Gasteiger partial charge on any atom is -0.311 e. The van der Waals surface area contributed by atoms with Gasteiger partial charge in [-0.3, -0.25) is 4.79 Å². The first kappa shape index (κ1) is 14.4. The Kier molecular flexibility index (Phi) is 3.64. The Hall–Kier alpha value is -1.57. The first-order valence-electron chi connectivity index (χ1n) is 8.19. The van der Waals surface area contributed by atoms with Crippen molar-refractivity contribution in [3.05, 3.63) is 41.5 Å². The normalized spacial score (nSPS) is 24.0. The van der Waals surface area contributed by atoms with E-state index in [1.54, 1.807) is 0 Å². The van der Waals surface area contributed by atoms with E-state index in [1.807, 2.05) is 18.0 Å². The SMILES string of the molecule is CCC1(CC)C=C2C(=O)N(C)c3ccccc3C[C@H]2CC1. The molecule has 0 unspecified atom stereocenters. The fourth-order valence-corrected chi connectivity index (χ4v) is 3.97. The van der Waals surface area contributed by atoms with Gasteiger partial charge in [-0.15, -0.1) is 0 Å². The molecule has 0 aromatic heterocycles. The van der Waals surface area contributed by atoms with Gasteiger partial charge in [0.2, 0.25) is 0 Å². The summed E-state index contributed by atoms with van der Waals surface area (Å²) in [7, 11) is 1.92. The molecule has 2 heteroatoms. The number of fused-ring (bicyclic) bond motifs is 2. The van der Waals surface area contributed by atoms with Crippen LogP contribution in [0.25, 0.3) is 0 Å². The zero-order valence-electron chi connectivity index (χ0n) is 13.4. The number of anilines is 1. The number of benzene rings is 1. The summed E-state index contributed by atoms with van der Waals surface area (Å²) in [6, 6.07) is 8.34. The van der Waals surface area contributed by atoms with Gasteiger partial charge in [0, 0.05) is 18.3 Å². The average Bonchev–Trinajstić information content (AvgIpc) is 2.64. The van der Waals surface area contributed by atoms with Crippen molar-refractivity contribution in [2.45, 2.75) is 46.0 Å². The van der Waals surface area contributed by atoms with Crippen LogP contribution in [0.3, 0.4) is 0 Å². The van der Waals surface area contributed by atoms with Crippen molar-refractivity contribution in [2.24, 2.45) is 11.3 Å². The van der Waals surface area contributed by atoms with Crippen molar-refractivity contribution in [3.63, 3.8) is 0 Å². The Balaban J connectivity index is 2.07. The molecule has 1 amide bonds. The molecule has 21 heavy (non-hydrogen) atoms. The largest absolute Gasteiger partial charge is 0.311 e. The highest BCUT2D eigenvalue weighted by molar-refractivity contribution is 6.07. The van der Waals surface area contributed by atoms with Gasteiger partial charge in [0.05, 0.1) is 0 Å². The average molecular weight is 283 g/mol. The number of carbonyl (C=O) groups is 1. The van der Waals surface area contributed by atoms with Crippen LogP contribution in [-0.4, -0.2) is 13.0 Å². The van der Waals surface area contributed by atoms with Gasteiger partial charge in [0.25, 0.3) is 5.91 Å². The van der Waals surface area contributed by atoms with Crippen LogP contribution in [0.15, 0.2) is 35.9 Å². The molecule has 0 saturated carbocycles. The van der Waals surface area contributed by atoms with Gasteiger partial charge in [-0.05, 0) is 55.1 Å². The Labute approximate surface area is 127 Å². The van der Waals surface area contributed by atoms with Crippen LogP contribution in [0, 0.1) is 11.3 Å². The van der Waals surface area contributed by atoms with Crippen LogP contribution < -0.4 is 4.90 Å². The molecule has 1 aliphatic heterocycles. The second kappa shape index (κ2) is 5.32. The minimum absolute atomic E-state index is 0.205. The van der Waals surface area contributed by atoms with E-state index in [-0.39, 0.29) is 11.3 Å². The standard InChI is InChI=1S/C19H25NO/c1-4-19(5-2)11-10-14-12-15-8-6-7-9-17(15)20(3)18(21)16(14)13-19/h6-9,13-14H,4-5,10-12H2,1-3H3/t14-/m1/s1. The molecule has 0 fully saturated rings. The molecule has 3 rings (SSSR count). The van der Waals surface area contributed by atoms with Gasteiger partial charge >= 0.3 is 0 Å². The number of allylic oxidation sites excluding steroid dienone is 1. The molecule has 0 bridgehead atoms. The molecule has 2 nitrogen and oxygen atoms in total. The molecule has 1 atom stereocenters. The zero-order valence-corrected chi connectivity index (χ0v) is 13.4. The lowest BCUT2D eigenvalue weighted by Gasteiger charge is -2.36. The van der Waals surface area contributed by atoms with Crippen LogP contribution in [0.2, 0.25) is 0 Å². The summed E-state index contributed by atoms with van der Waals surface area (Å²) in [6.45, 7) is 4.50. The van der Waals surface area contributed by atoms with Gasteiger partial charge in [0.15, 0.2) is 0 Å². The first-order chi connectivity index (χ1) is 10.1. The lowest BCUT2D eigenvalue weighted by atomic mass is 9.68. The molecule has 112 valence electrons. The molecule has 1 aliphatic carbocycles. The topological polar surface area (TPSA) is 20.3 Å². The molecule has 1 aromatic carbocycles. The Morgan fingerprint density at radius 2 is 1.95 bits per heavy atom. The summed E-state index contributed by atoms with van der Waals surface area (Å²) in [5, 5.41) is 0. The Morgan fingerprint density at radius 1 is 1.24 bits per heavy atom. The quantitative estimate of drug-likeness (QED) is 0.790. The van der Waals surface area contributed by atoms with Crippen LogP contribution in [0.1, 0.15) is 45.1 Å². The van der Waals surface area contributed by atoms with E-state index < -0.39 is 0 Å². The number of hydrogen-bond acceptors (Lipinski definition) is 1. The van der Waals surface area contributed by atoms with Gasteiger partial charge < -0.3 is 4.90 Å². The zero-order chi connectivity index (χ0) is 15.0. The second-order valence-corrected chi connectivity index (χ2v) is 6.60. The number of rotatable bonds is 2. The third-order valence-corrected chi connectivity index (χ3v) is 5.67. The summed E-state index contributed by atoms with van der Waals surface area (Å²) in [5.41, 5.74) is 3.68. The van der Waals surface area contributed by atoms with Gasteiger partial charge in [-0.25, -0.2) is 0 Å². The number of hydrogen-bond donors (Lipinski definition) is 0. The maximum Gasteiger partial charge on any atom is 0.253 e. The van der Waals surface area contributed by atoms with Crippen molar-refractivity contribution in [3.8, 4) is 0 Å². The van der Waals surface area contributed by atoms with E-state index in [1.165, 1.54) is 12.0 Å². The summed E-state index contributed by atoms with van der Waals surface area (Å²) in [4.78, 5) is 14.8. The van der Waals surface area contributed by atoms with Gasteiger partial charge in [-0.1, -0.05) is 38.1 Å². The van der Waals surface area contributed by atoms with Gasteiger partial charge in [-0.2, -0.15) is 0 Å². The second-order valence-electron chi connectivity index (χ2n) is 6.60. The van der Waals surface area contributed by atoms with Crippen molar-refractivity contribution in [2.75, 3.05) is 11.9 Å². The predicted molar refractivity (Wildman–Crippen MR) is 87.4 cm³/mol. The summed E-state index contributed by atoms with van der Waals surface area (Å²) < 4.78 is 0. The Bertz CT molecular complexity index is 583. The summed E-state index contributed by atoms with van der Waals surface area (Å²) in [5.74, 6) is 0.603. The van der Waals surface area contributed by atoms with Crippen molar-refractivity contribution in [1.82, 2.24) is 0 Å². The number of para-hydroxylation sites is 1. The third kappa shape index (κ3) is 2.31. The van der Waals surface area contributed by atoms with Crippen molar-refractivity contribution < 1.29 is 4.79 Å². The number of carbonyl (C=O) groups excluding carboxylic acids is 1. The minimum atomic E-state index is 0.205. The van der Waals surface area contributed by atoms with E-state index >= 15 is 0 Å². The monoisotopic (exact) mass is 283 g/mol. The first-order valence-corrected chi connectivity index (χ1v) is 8.19. The van der Waals surface area contributed by atoms with Crippen LogP contribution in [-0.2, 0) is 11.2 Å². The fraction of sp³-hybridized carbons (Fsp3) is 0.526. The predicted octanol–water partition coefficient (Wildman–Crippen LogP) is 4.35. The third-order valence-electron chi connectivity index (χ3n) is 5.67.